The summed E-state index contributed by atoms with van der Waals surface area (Å²) in [5.41, 5.74) is 0. The predicted molar refractivity (Wildman–Crippen MR) is 67.9 cm³/mol. The van der Waals surface area contributed by atoms with Gasteiger partial charge in [-0.1, -0.05) is 6.42 Å². The first-order valence-electron chi connectivity index (χ1n) is 6.63. The van der Waals surface area contributed by atoms with Gasteiger partial charge >= 0.3 is 0 Å². The first-order chi connectivity index (χ1) is 8.36. The van der Waals surface area contributed by atoms with Gasteiger partial charge in [-0.15, -0.1) is 0 Å². The lowest BCUT2D eigenvalue weighted by Crippen LogP contribution is -2.37. The number of aromatic nitrogens is 3. The molecule has 1 aliphatic heterocycles. The number of rotatable bonds is 6. The molecule has 5 heteroatoms. The molecule has 1 unspecified atom stereocenters. The van der Waals surface area contributed by atoms with Crippen LogP contribution < -0.4 is 5.32 Å². The van der Waals surface area contributed by atoms with Crippen LogP contribution in [-0.4, -0.2) is 52.4 Å². The van der Waals surface area contributed by atoms with Crippen molar-refractivity contribution in [1.82, 2.24) is 25.0 Å². The van der Waals surface area contributed by atoms with Crippen LogP contribution >= 0.6 is 0 Å². The van der Waals surface area contributed by atoms with Crippen molar-refractivity contribution in [3.8, 4) is 0 Å². The molecule has 2 rings (SSSR count). The van der Waals surface area contributed by atoms with Gasteiger partial charge in [0.2, 0.25) is 0 Å². The summed E-state index contributed by atoms with van der Waals surface area (Å²) < 4.78 is 1.90. The molecule has 1 fully saturated rings. The number of piperidine rings is 1. The quantitative estimate of drug-likeness (QED) is 0.747. The molecule has 1 saturated heterocycles. The maximum absolute atomic E-state index is 4.14. The molecule has 0 aliphatic carbocycles. The molecule has 1 N–H and O–H groups in total. The first kappa shape index (κ1) is 12.5. The Morgan fingerprint density at radius 2 is 2.12 bits per heavy atom. The second kappa shape index (κ2) is 6.71. The van der Waals surface area contributed by atoms with E-state index in [0.717, 1.165) is 13.1 Å². The van der Waals surface area contributed by atoms with Crippen molar-refractivity contribution < 1.29 is 0 Å². The van der Waals surface area contributed by atoms with Gasteiger partial charge in [-0.05, 0) is 32.9 Å². The first-order valence-corrected chi connectivity index (χ1v) is 6.63. The lowest BCUT2D eigenvalue weighted by atomic mass is 10.1. The SMILES string of the molecule is CC(CNCCN1CCCCC1)n1cncn1. The summed E-state index contributed by atoms with van der Waals surface area (Å²) in [5, 5.41) is 7.63. The average molecular weight is 237 g/mol. The molecule has 2 heterocycles. The van der Waals surface area contributed by atoms with Crippen molar-refractivity contribution in [2.45, 2.75) is 32.2 Å². The molecule has 0 radical (unpaired) electrons. The predicted octanol–water partition coefficient (Wildman–Crippen LogP) is 0.915. The van der Waals surface area contributed by atoms with E-state index in [0.29, 0.717) is 6.04 Å². The Morgan fingerprint density at radius 1 is 1.29 bits per heavy atom. The summed E-state index contributed by atoms with van der Waals surface area (Å²) in [5.74, 6) is 0. The van der Waals surface area contributed by atoms with Crippen LogP contribution in [0.4, 0.5) is 0 Å². The van der Waals surface area contributed by atoms with Crippen molar-refractivity contribution in [3.05, 3.63) is 12.7 Å². The minimum absolute atomic E-state index is 0.374. The smallest absolute Gasteiger partial charge is 0.137 e. The molecule has 17 heavy (non-hydrogen) atoms. The molecule has 1 aromatic rings. The Hall–Kier alpha value is -0.940. The van der Waals surface area contributed by atoms with Gasteiger partial charge in [0.25, 0.3) is 0 Å². The maximum Gasteiger partial charge on any atom is 0.137 e. The van der Waals surface area contributed by atoms with Crippen LogP contribution in [0, 0.1) is 0 Å². The maximum atomic E-state index is 4.14. The number of hydrogen-bond donors (Lipinski definition) is 1. The topological polar surface area (TPSA) is 46.0 Å². The lowest BCUT2D eigenvalue weighted by molar-refractivity contribution is 0.228. The molecule has 1 atom stereocenters. The molecular formula is C12H23N5. The van der Waals surface area contributed by atoms with Gasteiger partial charge in [0.05, 0.1) is 6.04 Å². The fourth-order valence-corrected chi connectivity index (χ4v) is 2.27. The Bertz CT molecular complexity index is 292. The number of hydrogen-bond acceptors (Lipinski definition) is 4. The second-order valence-corrected chi connectivity index (χ2v) is 4.83. The largest absolute Gasteiger partial charge is 0.313 e. The zero-order valence-electron chi connectivity index (χ0n) is 10.7. The van der Waals surface area contributed by atoms with Crippen LogP contribution in [-0.2, 0) is 0 Å². The molecule has 0 spiro atoms. The van der Waals surface area contributed by atoms with Gasteiger partial charge in [-0.3, -0.25) is 0 Å². The third-order valence-electron chi connectivity index (χ3n) is 3.38. The number of likely N-dealkylation sites (tertiary alicyclic amines) is 1. The Morgan fingerprint density at radius 3 is 2.82 bits per heavy atom. The van der Waals surface area contributed by atoms with Gasteiger partial charge in [0.1, 0.15) is 12.7 Å². The average Bonchev–Trinajstić information content (AvgIpc) is 2.89. The molecule has 5 nitrogen and oxygen atoms in total. The fraction of sp³-hybridized carbons (Fsp3) is 0.833. The van der Waals surface area contributed by atoms with Gasteiger partial charge in [-0.25, -0.2) is 9.67 Å². The minimum Gasteiger partial charge on any atom is -0.313 e. The highest BCUT2D eigenvalue weighted by Gasteiger charge is 2.09. The Labute approximate surface area is 103 Å². The van der Waals surface area contributed by atoms with E-state index in [1.807, 2.05) is 4.68 Å². The summed E-state index contributed by atoms with van der Waals surface area (Å²) in [6, 6.07) is 0.374. The third-order valence-corrected chi connectivity index (χ3v) is 3.38. The Kier molecular flexibility index (Phi) is 4.94. The summed E-state index contributed by atoms with van der Waals surface area (Å²) in [4.78, 5) is 6.51. The van der Waals surface area contributed by atoms with Crippen molar-refractivity contribution in [3.63, 3.8) is 0 Å². The summed E-state index contributed by atoms with van der Waals surface area (Å²) >= 11 is 0. The third kappa shape index (κ3) is 4.09. The van der Waals surface area contributed by atoms with Gasteiger partial charge in [0.15, 0.2) is 0 Å². The molecule has 96 valence electrons. The van der Waals surface area contributed by atoms with E-state index in [1.54, 1.807) is 12.7 Å². The standard InChI is InChI=1S/C12H23N5/c1-12(17-11-14-10-15-17)9-13-5-8-16-6-3-2-4-7-16/h10-13H,2-9H2,1H3. The van der Waals surface area contributed by atoms with Crippen LogP contribution in [0.25, 0.3) is 0 Å². The van der Waals surface area contributed by atoms with Crippen LogP contribution in [0.1, 0.15) is 32.2 Å². The lowest BCUT2D eigenvalue weighted by Gasteiger charge is -2.26. The highest BCUT2D eigenvalue weighted by molar-refractivity contribution is 4.69. The van der Waals surface area contributed by atoms with Gasteiger partial charge < -0.3 is 10.2 Å². The van der Waals surface area contributed by atoms with Crippen molar-refractivity contribution in [2.75, 3.05) is 32.7 Å². The van der Waals surface area contributed by atoms with Crippen LogP contribution in [0.2, 0.25) is 0 Å². The monoisotopic (exact) mass is 237 g/mol. The van der Waals surface area contributed by atoms with E-state index in [1.165, 1.54) is 38.9 Å². The summed E-state index contributed by atoms with van der Waals surface area (Å²) in [6.07, 6.45) is 7.51. The van der Waals surface area contributed by atoms with Crippen LogP contribution in [0.15, 0.2) is 12.7 Å². The minimum atomic E-state index is 0.374. The molecular weight excluding hydrogens is 214 g/mol. The molecule has 0 aromatic carbocycles. The highest BCUT2D eigenvalue weighted by atomic mass is 15.3. The van der Waals surface area contributed by atoms with Gasteiger partial charge in [-0.2, -0.15) is 5.10 Å². The Balaban J connectivity index is 1.56. The van der Waals surface area contributed by atoms with E-state index in [9.17, 15) is 0 Å². The van der Waals surface area contributed by atoms with E-state index >= 15 is 0 Å². The normalized spacial score (nSPS) is 19.4. The fourth-order valence-electron chi connectivity index (χ4n) is 2.27. The van der Waals surface area contributed by atoms with E-state index in [4.69, 9.17) is 0 Å². The highest BCUT2D eigenvalue weighted by Crippen LogP contribution is 2.07. The summed E-state index contributed by atoms with van der Waals surface area (Å²) in [6.45, 7) is 7.91. The number of nitrogens with zero attached hydrogens (tertiary/aromatic N) is 4. The molecule has 0 amide bonds. The zero-order valence-corrected chi connectivity index (χ0v) is 10.7. The van der Waals surface area contributed by atoms with E-state index < -0.39 is 0 Å². The molecule has 1 aliphatic rings. The van der Waals surface area contributed by atoms with Gasteiger partial charge in [0, 0.05) is 19.6 Å². The van der Waals surface area contributed by atoms with Crippen molar-refractivity contribution >= 4 is 0 Å². The number of nitrogens with one attached hydrogen (secondary N) is 1. The zero-order chi connectivity index (χ0) is 11.9. The molecule has 0 saturated carbocycles. The van der Waals surface area contributed by atoms with Crippen LogP contribution in [0.5, 0.6) is 0 Å². The van der Waals surface area contributed by atoms with Crippen molar-refractivity contribution in [1.29, 1.82) is 0 Å². The molecule has 0 bridgehead atoms. The summed E-state index contributed by atoms with van der Waals surface area (Å²) in [7, 11) is 0. The molecule has 1 aromatic heterocycles. The van der Waals surface area contributed by atoms with Crippen LogP contribution in [0.3, 0.4) is 0 Å². The van der Waals surface area contributed by atoms with Crippen molar-refractivity contribution in [2.24, 2.45) is 0 Å². The van der Waals surface area contributed by atoms with E-state index in [2.05, 4.69) is 27.2 Å². The van der Waals surface area contributed by atoms with E-state index in [-0.39, 0.29) is 0 Å². The second-order valence-electron chi connectivity index (χ2n) is 4.83.